The first-order valence-corrected chi connectivity index (χ1v) is 4.78. The maximum Gasteiger partial charge on any atom is 0.123 e. The topological polar surface area (TPSA) is 26.0 Å². The fourth-order valence-corrected chi connectivity index (χ4v) is 1.79. The van der Waals surface area contributed by atoms with E-state index in [-0.39, 0.29) is 11.9 Å². The molecule has 13 heavy (non-hydrogen) atoms. The molecule has 1 aromatic rings. The zero-order chi connectivity index (χ0) is 9.26. The van der Waals surface area contributed by atoms with Crippen LogP contribution in [0.25, 0.3) is 0 Å². The highest BCUT2D eigenvalue weighted by Gasteiger charge is 2.25. The van der Waals surface area contributed by atoms with Crippen LogP contribution in [-0.2, 0) is 0 Å². The van der Waals surface area contributed by atoms with Crippen LogP contribution < -0.4 is 5.73 Å². The second-order valence-corrected chi connectivity index (χ2v) is 3.77. The summed E-state index contributed by atoms with van der Waals surface area (Å²) < 4.78 is 12.9. The minimum absolute atomic E-state index is 0.0319. The molecule has 1 nitrogen and oxygen atoms in total. The number of hydrogen-bond donors (Lipinski definition) is 1. The molecule has 0 heterocycles. The smallest absolute Gasteiger partial charge is 0.123 e. The summed E-state index contributed by atoms with van der Waals surface area (Å²) in [5, 5.41) is 0. The lowest BCUT2D eigenvalue weighted by Crippen LogP contribution is -2.26. The second kappa shape index (κ2) is 3.46. The van der Waals surface area contributed by atoms with E-state index in [0.717, 1.165) is 5.56 Å². The monoisotopic (exact) mass is 179 g/mol. The summed E-state index contributed by atoms with van der Waals surface area (Å²) in [6.45, 7) is 0. The minimum Gasteiger partial charge on any atom is -0.324 e. The zero-order valence-corrected chi connectivity index (χ0v) is 7.54. The Bertz CT molecular complexity index is 294. The van der Waals surface area contributed by atoms with Crippen molar-refractivity contribution < 1.29 is 4.39 Å². The molecule has 1 fully saturated rings. The molecule has 1 unspecified atom stereocenters. The largest absolute Gasteiger partial charge is 0.324 e. The summed E-state index contributed by atoms with van der Waals surface area (Å²) in [4.78, 5) is 0. The molecule has 0 aliphatic heterocycles. The number of nitrogens with two attached hydrogens (primary N) is 1. The predicted molar refractivity (Wildman–Crippen MR) is 50.7 cm³/mol. The van der Waals surface area contributed by atoms with Crippen molar-refractivity contribution in [2.24, 2.45) is 11.7 Å². The lowest BCUT2D eigenvalue weighted by molar-refractivity contribution is 0.264. The Labute approximate surface area is 77.8 Å². The summed E-state index contributed by atoms with van der Waals surface area (Å²) in [7, 11) is 0. The zero-order valence-electron chi connectivity index (χ0n) is 7.54. The molecule has 0 radical (unpaired) electrons. The van der Waals surface area contributed by atoms with Gasteiger partial charge in [-0.2, -0.15) is 0 Å². The van der Waals surface area contributed by atoms with E-state index in [9.17, 15) is 4.39 Å². The number of benzene rings is 1. The fourth-order valence-electron chi connectivity index (χ4n) is 1.79. The molecule has 0 aromatic heterocycles. The summed E-state index contributed by atoms with van der Waals surface area (Å²) in [5.74, 6) is 0.383. The molecule has 2 N–H and O–H groups in total. The summed E-state index contributed by atoms with van der Waals surface area (Å²) in [6, 6.07) is 6.67. The summed E-state index contributed by atoms with van der Waals surface area (Å²) in [6.07, 6.45) is 3.66. The minimum atomic E-state index is -0.188. The van der Waals surface area contributed by atoms with Crippen LogP contribution in [0.1, 0.15) is 30.9 Å². The lowest BCUT2D eigenvalue weighted by atomic mass is 9.77. The van der Waals surface area contributed by atoms with E-state index in [0.29, 0.717) is 5.92 Å². The number of halogens is 1. The highest BCUT2D eigenvalue weighted by atomic mass is 19.1. The Morgan fingerprint density at radius 3 is 2.69 bits per heavy atom. The van der Waals surface area contributed by atoms with Crippen molar-refractivity contribution in [3.8, 4) is 0 Å². The Morgan fingerprint density at radius 1 is 1.38 bits per heavy atom. The van der Waals surface area contributed by atoms with Crippen molar-refractivity contribution in [3.63, 3.8) is 0 Å². The molecule has 0 spiro atoms. The van der Waals surface area contributed by atoms with E-state index in [2.05, 4.69) is 0 Å². The van der Waals surface area contributed by atoms with Gasteiger partial charge < -0.3 is 5.73 Å². The van der Waals surface area contributed by atoms with Crippen LogP contribution in [0, 0.1) is 11.7 Å². The molecule has 1 aliphatic carbocycles. The lowest BCUT2D eigenvalue weighted by Gasteiger charge is -2.31. The van der Waals surface area contributed by atoms with Gasteiger partial charge in [0, 0.05) is 6.04 Å². The molecule has 2 heteroatoms. The first kappa shape index (κ1) is 8.70. The van der Waals surface area contributed by atoms with Gasteiger partial charge in [0.2, 0.25) is 0 Å². The standard InChI is InChI=1S/C11H14FN/c12-10-6-2-5-9(7-10)11(13)8-3-1-4-8/h2,5-8,11H,1,3-4,13H2. The van der Waals surface area contributed by atoms with E-state index >= 15 is 0 Å². The van der Waals surface area contributed by atoms with Gasteiger partial charge in [-0.15, -0.1) is 0 Å². The van der Waals surface area contributed by atoms with Gasteiger partial charge in [0.25, 0.3) is 0 Å². The average molecular weight is 179 g/mol. The first-order chi connectivity index (χ1) is 6.27. The molecular weight excluding hydrogens is 165 g/mol. The quantitative estimate of drug-likeness (QED) is 0.742. The van der Waals surface area contributed by atoms with E-state index < -0.39 is 0 Å². The number of hydrogen-bond acceptors (Lipinski definition) is 1. The molecule has 2 rings (SSSR count). The molecule has 1 aromatic carbocycles. The van der Waals surface area contributed by atoms with Crippen LogP contribution in [0.2, 0.25) is 0 Å². The van der Waals surface area contributed by atoms with Crippen molar-refractivity contribution in [1.82, 2.24) is 0 Å². The summed E-state index contributed by atoms with van der Waals surface area (Å²) in [5.41, 5.74) is 6.94. The second-order valence-electron chi connectivity index (χ2n) is 3.77. The Morgan fingerprint density at radius 2 is 2.15 bits per heavy atom. The Kier molecular flexibility index (Phi) is 2.32. The molecule has 1 aliphatic rings. The van der Waals surface area contributed by atoms with Gasteiger partial charge in [0.15, 0.2) is 0 Å². The molecule has 1 saturated carbocycles. The molecule has 1 atom stereocenters. The molecule has 70 valence electrons. The van der Waals surface area contributed by atoms with E-state index in [1.54, 1.807) is 12.1 Å². The highest BCUT2D eigenvalue weighted by Crippen LogP contribution is 2.36. The molecule has 0 amide bonds. The van der Waals surface area contributed by atoms with Gasteiger partial charge in [-0.25, -0.2) is 4.39 Å². The first-order valence-electron chi connectivity index (χ1n) is 4.78. The third kappa shape index (κ3) is 1.73. The van der Waals surface area contributed by atoms with Crippen molar-refractivity contribution in [2.45, 2.75) is 25.3 Å². The van der Waals surface area contributed by atoms with Crippen LogP contribution in [0.15, 0.2) is 24.3 Å². The van der Waals surface area contributed by atoms with Crippen molar-refractivity contribution in [2.75, 3.05) is 0 Å². The van der Waals surface area contributed by atoms with Crippen molar-refractivity contribution in [1.29, 1.82) is 0 Å². The maximum absolute atomic E-state index is 12.9. The van der Waals surface area contributed by atoms with E-state index in [1.807, 2.05) is 6.07 Å². The number of rotatable bonds is 2. The van der Waals surface area contributed by atoms with Gasteiger partial charge in [0.1, 0.15) is 5.82 Å². The third-order valence-electron chi connectivity index (χ3n) is 2.89. The van der Waals surface area contributed by atoms with Crippen molar-refractivity contribution >= 4 is 0 Å². The Hall–Kier alpha value is -0.890. The highest BCUT2D eigenvalue weighted by molar-refractivity contribution is 5.20. The summed E-state index contributed by atoms with van der Waals surface area (Å²) >= 11 is 0. The molecular formula is C11H14FN. The van der Waals surface area contributed by atoms with Crippen LogP contribution in [0.5, 0.6) is 0 Å². The van der Waals surface area contributed by atoms with Crippen LogP contribution in [-0.4, -0.2) is 0 Å². The van der Waals surface area contributed by atoms with Gasteiger partial charge in [-0.3, -0.25) is 0 Å². The molecule has 0 bridgehead atoms. The predicted octanol–water partition coefficient (Wildman–Crippen LogP) is 2.63. The SMILES string of the molecule is NC(c1cccc(F)c1)C1CCC1. The van der Waals surface area contributed by atoms with Gasteiger partial charge in [-0.1, -0.05) is 18.6 Å². The van der Waals surface area contributed by atoms with Crippen LogP contribution in [0.3, 0.4) is 0 Å². The third-order valence-corrected chi connectivity index (χ3v) is 2.89. The van der Waals surface area contributed by atoms with Crippen LogP contribution in [0.4, 0.5) is 4.39 Å². The van der Waals surface area contributed by atoms with E-state index in [4.69, 9.17) is 5.73 Å². The maximum atomic E-state index is 12.9. The molecule has 0 saturated heterocycles. The normalized spacial score (nSPS) is 19.5. The Balaban J connectivity index is 2.14. The van der Waals surface area contributed by atoms with Crippen molar-refractivity contribution in [3.05, 3.63) is 35.6 Å². The van der Waals surface area contributed by atoms with Gasteiger partial charge in [-0.05, 0) is 36.5 Å². The van der Waals surface area contributed by atoms with Gasteiger partial charge >= 0.3 is 0 Å². The average Bonchev–Trinajstić information content (AvgIpc) is 2.01. The van der Waals surface area contributed by atoms with E-state index in [1.165, 1.54) is 25.3 Å². The van der Waals surface area contributed by atoms with Crippen LogP contribution >= 0.6 is 0 Å². The van der Waals surface area contributed by atoms with Gasteiger partial charge in [0.05, 0.1) is 0 Å². The fraction of sp³-hybridized carbons (Fsp3) is 0.455.